The van der Waals surface area contributed by atoms with Crippen molar-refractivity contribution in [3.8, 4) is 5.75 Å². The molecule has 0 aliphatic rings. The number of ketones is 1. The van der Waals surface area contributed by atoms with Gasteiger partial charge in [0.05, 0.1) is 7.11 Å². The molecule has 0 aliphatic heterocycles. The number of carbonyl (C=O) groups excluding carboxylic acids is 1. The lowest BCUT2D eigenvalue weighted by molar-refractivity contribution is 0.0747. The van der Waals surface area contributed by atoms with Gasteiger partial charge in [-0.15, -0.1) is 0 Å². The number of aliphatic hydroxyl groups is 1. The number of rotatable bonds is 4. The zero-order chi connectivity index (χ0) is 13.0. The van der Waals surface area contributed by atoms with Crippen molar-refractivity contribution in [3.63, 3.8) is 0 Å². The molecular weight excluding hydrogens is 228 g/mol. The van der Waals surface area contributed by atoms with E-state index in [0.717, 1.165) is 0 Å². The molecule has 0 spiro atoms. The number of hydrogen-bond acceptors (Lipinski definition) is 3. The van der Waals surface area contributed by atoms with Gasteiger partial charge in [0.1, 0.15) is 11.9 Å². The molecular formula is C15H14O3. The molecule has 0 unspecified atom stereocenters. The minimum Gasteiger partial charge on any atom is -0.497 e. The Morgan fingerprint density at radius 1 is 1.06 bits per heavy atom. The lowest BCUT2D eigenvalue weighted by Crippen LogP contribution is -2.12. The van der Waals surface area contributed by atoms with E-state index >= 15 is 0 Å². The van der Waals surface area contributed by atoms with Gasteiger partial charge in [-0.3, -0.25) is 4.79 Å². The predicted octanol–water partition coefficient (Wildman–Crippen LogP) is 2.61. The average molecular weight is 242 g/mol. The normalized spacial score (nSPS) is 11.9. The van der Waals surface area contributed by atoms with E-state index in [1.807, 2.05) is 6.07 Å². The highest BCUT2D eigenvalue weighted by molar-refractivity contribution is 5.99. The summed E-state index contributed by atoms with van der Waals surface area (Å²) in [6.45, 7) is 0. The van der Waals surface area contributed by atoms with Gasteiger partial charge in [0, 0.05) is 5.56 Å². The maximum atomic E-state index is 12.0. The standard InChI is InChI=1S/C15H14O3/c1-18-13-9-7-12(8-10-13)15(17)14(16)11-5-3-2-4-6-11/h2-10,15,17H,1H3/t15-/m1/s1. The van der Waals surface area contributed by atoms with Crippen LogP contribution in [0.5, 0.6) is 5.75 Å². The number of methoxy groups -OCH3 is 1. The highest BCUT2D eigenvalue weighted by Gasteiger charge is 2.18. The van der Waals surface area contributed by atoms with Crippen molar-refractivity contribution in [1.29, 1.82) is 0 Å². The zero-order valence-electron chi connectivity index (χ0n) is 10.0. The van der Waals surface area contributed by atoms with E-state index in [1.165, 1.54) is 0 Å². The number of benzene rings is 2. The van der Waals surface area contributed by atoms with E-state index in [0.29, 0.717) is 16.9 Å². The van der Waals surface area contributed by atoms with Gasteiger partial charge in [-0.1, -0.05) is 42.5 Å². The van der Waals surface area contributed by atoms with Crippen molar-refractivity contribution in [2.45, 2.75) is 6.10 Å². The van der Waals surface area contributed by atoms with Gasteiger partial charge < -0.3 is 9.84 Å². The Morgan fingerprint density at radius 3 is 2.22 bits per heavy atom. The van der Waals surface area contributed by atoms with E-state index in [2.05, 4.69) is 0 Å². The van der Waals surface area contributed by atoms with Crippen LogP contribution in [-0.2, 0) is 0 Å². The molecule has 2 aromatic carbocycles. The van der Waals surface area contributed by atoms with Crippen LogP contribution in [0.4, 0.5) is 0 Å². The van der Waals surface area contributed by atoms with Crippen molar-refractivity contribution in [3.05, 3.63) is 65.7 Å². The molecule has 92 valence electrons. The number of ether oxygens (including phenoxy) is 1. The van der Waals surface area contributed by atoms with Crippen LogP contribution in [0, 0.1) is 0 Å². The summed E-state index contributed by atoms with van der Waals surface area (Å²) in [5, 5.41) is 10.0. The minimum atomic E-state index is -1.14. The van der Waals surface area contributed by atoms with Gasteiger partial charge in [0.2, 0.25) is 0 Å². The molecule has 0 aliphatic carbocycles. The van der Waals surface area contributed by atoms with Crippen LogP contribution < -0.4 is 4.74 Å². The first-order chi connectivity index (χ1) is 8.72. The fourth-order valence-electron chi connectivity index (χ4n) is 1.70. The first-order valence-corrected chi connectivity index (χ1v) is 5.63. The Kier molecular flexibility index (Phi) is 3.75. The monoisotopic (exact) mass is 242 g/mol. The fourth-order valence-corrected chi connectivity index (χ4v) is 1.70. The van der Waals surface area contributed by atoms with Gasteiger partial charge in [-0.2, -0.15) is 0 Å². The van der Waals surface area contributed by atoms with E-state index in [4.69, 9.17) is 4.74 Å². The van der Waals surface area contributed by atoms with Crippen molar-refractivity contribution in [2.75, 3.05) is 7.11 Å². The molecule has 3 nitrogen and oxygen atoms in total. The molecule has 0 heterocycles. The largest absolute Gasteiger partial charge is 0.497 e. The van der Waals surface area contributed by atoms with Crippen LogP contribution in [0.25, 0.3) is 0 Å². The van der Waals surface area contributed by atoms with Gasteiger partial charge in [0.15, 0.2) is 5.78 Å². The smallest absolute Gasteiger partial charge is 0.195 e. The summed E-state index contributed by atoms with van der Waals surface area (Å²) < 4.78 is 5.03. The van der Waals surface area contributed by atoms with Crippen LogP contribution in [0.2, 0.25) is 0 Å². The molecule has 0 fully saturated rings. The summed E-state index contributed by atoms with van der Waals surface area (Å²) in [6, 6.07) is 15.6. The second-order valence-corrected chi connectivity index (χ2v) is 3.91. The third-order valence-corrected chi connectivity index (χ3v) is 2.74. The Labute approximate surface area is 106 Å². The summed E-state index contributed by atoms with van der Waals surface area (Å²) in [7, 11) is 1.57. The minimum absolute atomic E-state index is 0.305. The van der Waals surface area contributed by atoms with Crippen LogP contribution in [-0.4, -0.2) is 18.0 Å². The topological polar surface area (TPSA) is 46.5 Å². The molecule has 1 N–H and O–H groups in total. The average Bonchev–Trinajstić information content (AvgIpc) is 2.47. The molecule has 0 amide bonds. The molecule has 0 aromatic heterocycles. The number of carbonyl (C=O) groups is 1. The highest BCUT2D eigenvalue weighted by atomic mass is 16.5. The van der Waals surface area contributed by atoms with E-state index < -0.39 is 6.10 Å². The number of aliphatic hydroxyl groups excluding tert-OH is 1. The summed E-state index contributed by atoms with van der Waals surface area (Å²) in [4.78, 5) is 12.0. The maximum Gasteiger partial charge on any atom is 0.195 e. The van der Waals surface area contributed by atoms with Crippen molar-refractivity contribution < 1.29 is 14.6 Å². The van der Waals surface area contributed by atoms with Crippen molar-refractivity contribution in [2.24, 2.45) is 0 Å². The molecule has 0 saturated heterocycles. The zero-order valence-corrected chi connectivity index (χ0v) is 10.0. The fraction of sp³-hybridized carbons (Fsp3) is 0.133. The second kappa shape index (κ2) is 5.47. The van der Waals surface area contributed by atoms with Crippen LogP contribution in [0.15, 0.2) is 54.6 Å². The highest BCUT2D eigenvalue weighted by Crippen LogP contribution is 2.21. The molecule has 2 aromatic rings. The quantitative estimate of drug-likeness (QED) is 0.838. The molecule has 0 radical (unpaired) electrons. The molecule has 18 heavy (non-hydrogen) atoms. The Balaban J connectivity index is 2.20. The van der Waals surface area contributed by atoms with Gasteiger partial charge in [-0.25, -0.2) is 0 Å². The summed E-state index contributed by atoms with van der Waals surface area (Å²) in [5.41, 5.74) is 1.06. The lowest BCUT2D eigenvalue weighted by atomic mass is 10.00. The number of hydrogen-bond donors (Lipinski definition) is 1. The first kappa shape index (κ1) is 12.3. The van der Waals surface area contributed by atoms with Crippen LogP contribution >= 0.6 is 0 Å². The second-order valence-electron chi connectivity index (χ2n) is 3.91. The van der Waals surface area contributed by atoms with Gasteiger partial charge >= 0.3 is 0 Å². The SMILES string of the molecule is COc1ccc([C@@H](O)C(=O)c2ccccc2)cc1. The summed E-state index contributed by atoms with van der Waals surface area (Å²) >= 11 is 0. The van der Waals surface area contributed by atoms with E-state index in [9.17, 15) is 9.90 Å². The Morgan fingerprint density at radius 2 is 1.67 bits per heavy atom. The summed E-state index contributed by atoms with van der Waals surface area (Å²) in [6.07, 6.45) is -1.14. The number of Topliss-reactive ketones (excluding diaryl/α,β-unsaturated/α-hetero) is 1. The molecule has 2 rings (SSSR count). The third-order valence-electron chi connectivity index (χ3n) is 2.74. The molecule has 3 heteroatoms. The van der Waals surface area contributed by atoms with Crippen molar-refractivity contribution in [1.82, 2.24) is 0 Å². The Hall–Kier alpha value is -2.13. The van der Waals surface area contributed by atoms with Gasteiger partial charge in [-0.05, 0) is 17.7 Å². The van der Waals surface area contributed by atoms with E-state index in [-0.39, 0.29) is 5.78 Å². The van der Waals surface area contributed by atoms with Crippen LogP contribution in [0.3, 0.4) is 0 Å². The predicted molar refractivity (Wildman–Crippen MR) is 68.7 cm³/mol. The lowest BCUT2D eigenvalue weighted by Gasteiger charge is -2.10. The molecule has 0 saturated carbocycles. The maximum absolute atomic E-state index is 12.0. The molecule has 0 bridgehead atoms. The van der Waals surface area contributed by atoms with Gasteiger partial charge in [0.25, 0.3) is 0 Å². The first-order valence-electron chi connectivity index (χ1n) is 5.63. The molecule has 1 atom stereocenters. The van der Waals surface area contributed by atoms with E-state index in [1.54, 1.807) is 55.6 Å². The van der Waals surface area contributed by atoms with Crippen molar-refractivity contribution >= 4 is 5.78 Å². The summed E-state index contributed by atoms with van der Waals surface area (Å²) in [5.74, 6) is 0.388. The Bertz CT molecular complexity index is 517. The van der Waals surface area contributed by atoms with Crippen LogP contribution in [0.1, 0.15) is 22.0 Å². The third kappa shape index (κ3) is 2.57.